The van der Waals surface area contributed by atoms with Gasteiger partial charge in [0.2, 0.25) is 5.78 Å². The molecule has 0 amide bonds. The Morgan fingerprint density at radius 2 is 1.56 bits per heavy atom. The Bertz CT molecular complexity index is 404. The van der Waals surface area contributed by atoms with Crippen LogP contribution in [0.25, 0.3) is 0 Å². The molecule has 0 aliphatic heterocycles. The van der Waals surface area contributed by atoms with Gasteiger partial charge in [0, 0.05) is 26.3 Å². The summed E-state index contributed by atoms with van der Waals surface area (Å²) in [5.74, 6) is -0.239. The van der Waals surface area contributed by atoms with E-state index in [-0.39, 0.29) is 5.78 Å². The molecule has 0 aromatic heterocycles. The van der Waals surface area contributed by atoms with Gasteiger partial charge >= 0.3 is 0 Å². The van der Waals surface area contributed by atoms with Gasteiger partial charge in [0.25, 0.3) is 0 Å². The zero-order chi connectivity index (χ0) is 18.3. The number of ketones is 1. The van der Waals surface area contributed by atoms with E-state index in [0.717, 1.165) is 25.8 Å². The number of aliphatic hydroxyl groups excluding tert-OH is 1. The van der Waals surface area contributed by atoms with Gasteiger partial charge in [-0.15, -0.1) is 0 Å². The van der Waals surface area contributed by atoms with Crippen molar-refractivity contribution in [2.75, 3.05) is 59.3 Å². The van der Waals surface area contributed by atoms with Crippen LogP contribution in [0.15, 0.2) is 11.4 Å². The predicted molar refractivity (Wildman–Crippen MR) is 95.1 cm³/mol. The number of hydrogen-bond acceptors (Lipinski definition) is 8. The van der Waals surface area contributed by atoms with Gasteiger partial charge in [-0.25, -0.2) is 0 Å². The van der Waals surface area contributed by atoms with E-state index in [9.17, 15) is 9.90 Å². The molecule has 1 aliphatic rings. The van der Waals surface area contributed by atoms with Crippen LogP contribution in [-0.4, -0.2) is 76.3 Å². The van der Waals surface area contributed by atoms with Crippen LogP contribution < -0.4 is 16.4 Å². The summed E-state index contributed by atoms with van der Waals surface area (Å²) in [5, 5.41) is 15.8. The Morgan fingerprint density at radius 1 is 0.960 bits per heavy atom. The molecule has 25 heavy (non-hydrogen) atoms. The number of rotatable bonds is 17. The fourth-order valence-corrected chi connectivity index (χ4v) is 2.20. The van der Waals surface area contributed by atoms with Crippen molar-refractivity contribution in [2.45, 2.75) is 32.3 Å². The minimum Gasteiger partial charge on any atom is -0.384 e. The molecule has 0 spiro atoms. The van der Waals surface area contributed by atoms with Crippen LogP contribution in [0.2, 0.25) is 0 Å². The molecule has 0 saturated carbocycles. The van der Waals surface area contributed by atoms with Crippen LogP contribution in [0, 0.1) is 0 Å². The van der Waals surface area contributed by atoms with Crippen LogP contribution >= 0.6 is 0 Å². The molecule has 8 heteroatoms. The van der Waals surface area contributed by atoms with Gasteiger partial charge in [-0.05, 0) is 25.8 Å². The van der Waals surface area contributed by atoms with E-state index >= 15 is 0 Å². The number of Topliss-reactive ketones (excluding diaryl/α,β-unsaturated/α-hetero) is 1. The maximum Gasteiger partial charge on any atom is 0.215 e. The summed E-state index contributed by atoms with van der Waals surface area (Å²) in [4.78, 5) is 11.5. The number of carbonyl (C=O) groups is 1. The van der Waals surface area contributed by atoms with Crippen LogP contribution in [0.1, 0.15) is 26.2 Å². The third-order valence-corrected chi connectivity index (χ3v) is 3.61. The lowest BCUT2D eigenvalue weighted by Crippen LogP contribution is -2.48. The molecular formula is C17H33N3O5. The standard InChI is InChI=1S/C17H33N3O5/c1-2-6-19-14-15(17(22)16(14)21)20-7-4-9-24-11-13-25-12-10-23-8-3-5-18/h17,19-20,22H,2-13,18H2,1H3. The fourth-order valence-electron chi connectivity index (χ4n) is 2.20. The molecule has 1 rings (SSSR count). The third kappa shape index (κ3) is 8.64. The number of hydrogen-bond donors (Lipinski definition) is 4. The first-order chi connectivity index (χ1) is 12.2. The molecule has 1 aliphatic carbocycles. The quantitative estimate of drug-likeness (QED) is 0.257. The number of carbonyl (C=O) groups excluding carboxylic acids is 1. The number of aliphatic hydroxyl groups is 1. The molecule has 1 atom stereocenters. The minimum absolute atomic E-state index is 0.239. The molecule has 8 nitrogen and oxygen atoms in total. The molecule has 0 bridgehead atoms. The molecule has 146 valence electrons. The molecule has 5 N–H and O–H groups in total. The smallest absolute Gasteiger partial charge is 0.215 e. The first-order valence-electron chi connectivity index (χ1n) is 9.09. The van der Waals surface area contributed by atoms with Crippen LogP contribution in [0.5, 0.6) is 0 Å². The highest BCUT2D eigenvalue weighted by atomic mass is 16.5. The Hall–Kier alpha value is -1.19. The lowest BCUT2D eigenvalue weighted by atomic mass is 9.95. The summed E-state index contributed by atoms with van der Waals surface area (Å²) in [6.45, 7) is 7.52. The molecule has 0 aromatic rings. The van der Waals surface area contributed by atoms with Crippen molar-refractivity contribution in [1.82, 2.24) is 10.6 Å². The molecular weight excluding hydrogens is 326 g/mol. The van der Waals surface area contributed by atoms with Crippen molar-refractivity contribution in [3.8, 4) is 0 Å². The topological polar surface area (TPSA) is 115 Å². The molecule has 0 saturated heterocycles. The van der Waals surface area contributed by atoms with E-state index in [1.54, 1.807) is 0 Å². The summed E-state index contributed by atoms with van der Waals surface area (Å²) < 4.78 is 16.2. The van der Waals surface area contributed by atoms with E-state index in [4.69, 9.17) is 19.9 Å². The number of ether oxygens (including phenoxy) is 3. The van der Waals surface area contributed by atoms with Crippen molar-refractivity contribution < 1.29 is 24.1 Å². The van der Waals surface area contributed by atoms with E-state index in [2.05, 4.69) is 10.6 Å². The van der Waals surface area contributed by atoms with Gasteiger partial charge in [0.15, 0.2) is 6.10 Å². The van der Waals surface area contributed by atoms with Gasteiger partial charge in [-0.1, -0.05) is 6.92 Å². The first kappa shape index (κ1) is 21.9. The minimum atomic E-state index is -1.01. The van der Waals surface area contributed by atoms with Crippen LogP contribution in [0.3, 0.4) is 0 Å². The van der Waals surface area contributed by atoms with E-state index in [0.29, 0.717) is 64.1 Å². The highest BCUT2D eigenvalue weighted by Crippen LogP contribution is 2.20. The highest BCUT2D eigenvalue weighted by molar-refractivity contribution is 6.07. The zero-order valence-corrected chi connectivity index (χ0v) is 15.2. The maximum atomic E-state index is 11.5. The number of nitrogens with one attached hydrogen (secondary N) is 2. The van der Waals surface area contributed by atoms with Crippen molar-refractivity contribution in [3.63, 3.8) is 0 Å². The van der Waals surface area contributed by atoms with Gasteiger partial charge in [-0.2, -0.15) is 0 Å². The summed E-state index contributed by atoms with van der Waals surface area (Å²) in [6.07, 6.45) is 1.57. The molecule has 1 unspecified atom stereocenters. The summed E-state index contributed by atoms with van der Waals surface area (Å²) in [5.41, 5.74) is 6.47. The SMILES string of the molecule is CCCNC1=C(NCCCOCCOCCOCCCN)C(O)C1=O. The van der Waals surface area contributed by atoms with Crippen LogP contribution in [-0.2, 0) is 19.0 Å². The van der Waals surface area contributed by atoms with Crippen LogP contribution in [0.4, 0.5) is 0 Å². The molecule has 0 aromatic carbocycles. The highest BCUT2D eigenvalue weighted by Gasteiger charge is 2.37. The second kappa shape index (κ2) is 14.0. The average molecular weight is 359 g/mol. The van der Waals surface area contributed by atoms with E-state index in [1.165, 1.54) is 0 Å². The Kier molecular flexibility index (Phi) is 12.3. The van der Waals surface area contributed by atoms with Crippen molar-refractivity contribution in [2.24, 2.45) is 5.73 Å². The second-order valence-electron chi connectivity index (χ2n) is 5.74. The maximum absolute atomic E-state index is 11.5. The monoisotopic (exact) mass is 359 g/mol. The normalized spacial score (nSPS) is 16.9. The van der Waals surface area contributed by atoms with E-state index < -0.39 is 6.10 Å². The lowest BCUT2D eigenvalue weighted by Gasteiger charge is -2.29. The van der Waals surface area contributed by atoms with Gasteiger partial charge < -0.3 is 35.7 Å². The average Bonchev–Trinajstić information content (AvgIpc) is 2.63. The predicted octanol–water partition coefficient (Wildman–Crippen LogP) is -0.480. The summed E-state index contributed by atoms with van der Waals surface area (Å²) in [7, 11) is 0. The Balaban J connectivity index is 1.93. The number of nitrogens with two attached hydrogens (primary N) is 1. The van der Waals surface area contributed by atoms with Crippen molar-refractivity contribution in [1.29, 1.82) is 0 Å². The largest absolute Gasteiger partial charge is 0.384 e. The molecule has 0 radical (unpaired) electrons. The Labute approximate surface area is 150 Å². The molecule has 0 heterocycles. The first-order valence-corrected chi connectivity index (χ1v) is 9.09. The lowest BCUT2D eigenvalue weighted by molar-refractivity contribution is -0.125. The van der Waals surface area contributed by atoms with Crippen molar-refractivity contribution >= 4 is 5.78 Å². The Morgan fingerprint density at radius 3 is 2.16 bits per heavy atom. The molecule has 0 fully saturated rings. The third-order valence-electron chi connectivity index (χ3n) is 3.61. The van der Waals surface area contributed by atoms with Gasteiger partial charge in [-0.3, -0.25) is 4.79 Å². The van der Waals surface area contributed by atoms with Gasteiger partial charge in [0.05, 0.1) is 32.1 Å². The van der Waals surface area contributed by atoms with E-state index in [1.807, 2.05) is 6.92 Å². The zero-order valence-electron chi connectivity index (χ0n) is 15.2. The summed E-state index contributed by atoms with van der Waals surface area (Å²) in [6, 6.07) is 0. The second-order valence-corrected chi connectivity index (χ2v) is 5.74. The summed E-state index contributed by atoms with van der Waals surface area (Å²) >= 11 is 0. The fraction of sp³-hybridized carbons (Fsp3) is 0.824. The van der Waals surface area contributed by atoms with Crippen molar-refractivity contribution in [3.05, 3.63) is 11.4 Å². The van der Waals surface area contributed by atoms with Gasteiger partial charge in [0.1, 0.15) is 5.70 Å².